The van der Waals surface area contributed by atoms with Crippen molar-refractivity contribution in [3.63, 3.8) is 0 Å². The lowest BCUT2D eigenvalue weighted by atomic mass is 10.1. The third-order valence-electron chi connectivity index (χ3n) is 3.44. The molecule has 104 valence electrons. The number of aryl methyl sites for hydroxylation is 1. The summed E-state index contributed by atoms with van der Waals surface area (Å²) >= 11 is 0. The molecule has 0 aliphatic rings. The molecule has 1 heterocycles. The topological polar surface area (TPSA) is 68.0 Å². The molecular formula is C17H15N3O. The number of rotatable bonds is 2. The van der Waals surface area contributed by atoms with Crippen molar-refractivity contribution in [2.75, 3.05) is 11.1 Å². The van der Waals surface area contributed by atoms with Crippen molar-refractivity contribution in [3.8, 4) is 0 Å². The average molecular weight is 277 g/mol. The van der Waals surface area contributed by atoms with Gasteiger partial charge in [-0.1, -0.05) is 18.2 Å². The van der Waals surface area contributed by atoms with E-state index in [4.69, 9.17) is 5.73 Å². The Bertz CT molecular complexity index is 822. The normalized spacial score (nSPS) is 10.5. The molecule has 0 aliphatic carbocycles. The maximum Gasteiger partial charge on any atom is 0.256 e. The smallest absolute Gasteiger partial charge is 0.256 e. The van der Waals surface area contributed by atoms with Crippen LogP contribution in [0.15, 0.2) is 54.9 Å². The molecule has 4 heteroatoms. The number of nitrogen functional groups attached to an aromatic ring is 1. The summed E-state index contributed by atoms with van der Waals surface area (Å²) in [6.07, 6.45) is 3.48. The van der Waals surface area contributed by atoms with Gasteiger partial charge >= 0.3 is 0 Å². The van der Waals surface area contributed by atoms with Crippen LogP contribution in [0.3, 0.4) is 0 Å². The predicted octanol–water partition coefficient (Wildman–Crippen LogP) is 3.38. The molecule has 0 fully saturated rings. The van der Waals surface area contributed by atoms with E-state index >= 15 is 0 Å². The number of carbonyl (C=O) groups excluding carboxylic acids is 1. The molecule has 0 unspecified atom stereocenters. The van der Waals surface area contributed by atoms with Crippen molar-refractivity contribution in [2.45, 2.75) is 6.92 Å². The quantitative estimate of drug-likeness (QED) is 0.706. The summed E-state index contributed by atoms with van der Waals surface area (Å²) in [5.41, 5.74) is 8.55. The van der Waals surface area contributed by atoms with Crippen LogP contribution < -0.4 is 11.1 Å². The van der Waals surface area contributed by atoms with Gasteiger partial charge < -0.3 is 11.1 Å². The fourth-order valence-corrected chi connectivity index (χ4v) is 2.30. The molecule has 1 aromatic heterocycles. The van der Waals surface area contributed by atoms with Crippen LogP contribution in [-0.4, -0.2) is 10.9 Å². The monoisotopic (exact) mass is 277 g/mol. The third kappa shape index (κ3) is 2.56. The first kappa shape index (κ1) is 13.1. The van der Waals surface area contributed by atoms with E-state index in [1.807, 2.05) is 37.3 Å². The molecule has 1 amide bonds. The standard InChI is InChI=1S/C17H15N3O/c1-11-5-6-13(18)9-14(11)17(21)20-16-4-2-3-12-7-8-19-10-15(12)16/h2-10H,18H2,1H3,(H,20,21). The predicted molar refractivity (Wildman–Crippen MR) is 85.3 cm³/mol. The minimum Gasteiger partial charge on any atom is -0.399 e. The molecule has 4 nitrogen and oxygen atoms in total. The molecule has 3 aromatic rings. The highest BCUT2D eigenvalue weighted by Crippen LogP contribution is 2.23. The van der Waals surface area contributed by atoms with Crippen molar-refractivity contribution < 1.29 is 4.79 Å². The Morgan fingerprint density at radius 1 is 1.19 bits per heavy atom. The van der Waals surface area contributed by atoms with Gasteiger partial charge in [0, 0.05) is 29.0 Å². The first-order chi connectivity index (χ1) is 10.1. The number of nitrogens with one attached hydrogen (secondary N) is 1. The number of nitrogens with zero attached hydrogens (tertiary/aromatic N) is 1. The number of benzene rings is 2. The molecule has 3 N–H and O–H groups in total. The van der Waals surface area contributed by atoms with Crippen molar-refractivity contribution in [1.82, 2.24) is 4.98 Å². The lowest BCUT2D eigenvalue weighted by Gasteiger charge is -2.10. The number of amides is 1. The summed E-state index contributed by atoms with van der Waals surface area (Å²) in [5, 5.41) is 4.88. The zero-order chi connectivity index (χ0) is 14.8. The van der Waals surface area contributed by atoms with E-state index in [-0.39, 0.29) is 5.91 Å². The summed E-state index contributed by atoms with van der Waals surface area (Å²) in [6, 6.07) is 13.0. The van der Waals surface area contributed by atoms with Gasteiger partial charge in [0.1, 0.15) is 0 Å². The number of pyridine rings is 1. The van der Waals surface area contributed by atoms with Crippen molar-refractivity contribution >= 4 is 28.1 Å². The zero-order valence-electron chi connectivity index (χ0n) is 11.6. The van der Waals surface area contributed by atoms with Crippen LogP contribution in [0.2, 0.25) is 0 Å². The second kappa shape index (κ2) is 5.25. The number of fused-ring (bicyclic) bond motifs is 1. The lowest BCUT2D eigenvalue weighted by Crippen LogP contribution is -2.14. The third-order valence-corrected chi connectivity index (χ3v) is 3.44. The SMILES string of the molecule is Cc1ccc(N)cc1C(=O)Nc1cccc2ccncc12. The van der Waals surface area contributed by atoms with E-state index in [9.17, 15) is 4.79 Å². The minimum absolute atomic E-state index is 0.170. The van der Waals surface area contributed by atoms with Crippen molar-refractivity contribution in [3.05, 3.63) is 66.0 Å². The molecule has 21 heavy (non-hydrogen) atoms. The van der Waals surface area contributed by atoms with Gasteiger partial charge in [-0.2, -0.15) is 0 Å². The molecule has 0 bridgehead atoms. The molecule has 0 saturated carbocycles. The number of anilines is 2. The summed E-state index contributed by atoms with van der Waals surface area (Å²) in [4.78, 5) is 16.6. The number of aromatic nitrogens is 1. The first-order valence-electron chi connectivity index (χ1n) is 6.65. The second-order valence-corrected chi connectivity index (χ2v) is 4.93. The Morgan fingerprint density at radius 2 is 2.05 bits per heavy atom. The average Bonchev–Trinajstić information content (AvgIpc) is 2.50. The van der Waals surface area contributed by atoms with Crippen molar-refractivity contribution in [2.24, 2.45) is 0 Å². The van der Waals surface area contributed by atoms with Gasteiger partial charge in [-0.15, -0.1) is 0 Å². The zero-order valence-corrected chi connectivity index (χ0v) is 11.6. The molecule has 2 aromatic carbocycles. The highest BCUT2D eigenvalue weighted by atomic mass is 16.1. The fourth-order valence-electron chi connectivity index (χ4n) is 2.30. The van der Waals surface area contributed by atoms with Crippen LogP contribution in [-0.2, 0) is 0 Å². The van der Waals surface area contributed by atoms with E-state index < -0.39 is 0 Å². The van der Waals surface area contributed by atoms with Gasteiger partial charge in [-0.25, -0.2) is 0 Å². The number of hydrogen-bond acceptors (Lipinski definition) is 3. The lowest BCUT2D eigenvalue weighted by molar-refractivity contribution is 0.102. The summed E-state index contributed by atoms with van der Waals surface area (Å²) in [5.74, 6) is -0.170. The van der Waals surface area contributed by atoms with E-state index in [1.165, 1.54) is 0 Å². The molecule has 3 rings (SSSR count). The van der Waals surface area contributed by atoms with Gasteiger partial charge in [0.25, 0.3) is 5.91 Å². The largest absolute Gasteiger partial charge is 0.399 e. The van der Waals surface area contributed by atoms with Crippen LogP contribution in [0, 0.1) is 6.92 Å². The summed E-state index contributed by atoms with van der Waals surface area (Å²) < 4.78 is 0. The first-order valence-corrected chi connectivity index (χ1v) is 6.65. The van der Waals surface area contributed by atoms with Gasteiger partial charge in [0.15, 0.2) is 0 Å². The maximum absolute atomic E-state index is 12.4. The van der Waals surface area contributed by atoms with Crippen LogP contribution in [0.5, 0.6) is 0 Å². The maximum atomic E-state index is 12.4. The second-order valence-electron chi connectivity index (χ2n) is 4.93. The minimum atomic E-state index is -0.170. The highest BCUT2D eigenvalue weighted by Gasteiger charge is 2.11. The summed E-state index contributed by atoms with van der Waals surface area (Å²) in [6.45, 7) is 1.89. The van der Waals surface area contributed by atoms with Crippen LogP contribution in [0.4, 0.5) is 11.4 Å². The molecule has 0 aliphatic heterocycles. The van der Waals surface area contributed by atoms with Crippen LogP contribution in [0.1, 0.15) is 15.9 Å². The highest BCUT2D eigenvalue weighted by molar-refractivity contribution is 6.10. The Morgan fingerprint density at radius 3 is 2.90 bits per heavy atom. The van der Waals surface area contributed by atoms with Gasteiger partial charge in [0.05, 0.1) is 5.69 Å². The number of hydrogen-bond donors (Lipinski definition) is 2. The summed E-state index contributed by atoms with van der Waals surface area (Å²) in [7, 11) is 0. The Kier molecular flexibility index (Phi) is 3.28. The van der Waals surface area contributed by atoms with Gasteiger partial charge in [0.2, 0.25) is 0 Å². The molecule has 0 radical (unpaired) electrons. The number of carbonyl (C=O) groups is 1. The van der Waals surface area contributed by atoms with Crippen LogP contribution in [0.25, 0.3) is 10.8 Å². The molecular weight excluding hydrogens is 262 g/mol. The number of nitrogens with two attached hydrogens (primary N) is 1. The van der Waals surface area contributed by atoms with Crippen molar-refractivity contribution in [1.29, 1.82) is 0 Å². The van der Waals surface area contributed by atoms with E-state index in [1.54, 1.807) is 24.5 Å². The van der Waals surface area contributed by atoms with Gasteiger partial charge in [-0.05, 0) is 42.1 Å². The fraction of sp³-hybridized carbons (Fsp3) is 0.0588. The van der Waals surface area contributed by atoms with Crippen LogP contribution >= 0.6 is 0 Å². The molecule has 0 saturated heterocycles. The van der Waals surface area contributed by atoms with Gasteiger partial charge in [-0.3, -0.25) is 9.78 Å². The van der Waals surface area contributed by atoms with E-state index in [2.05, 4.69) is 10.3 Å². The molecule has 0 spiro atoms. The Labute approximate surface area is 122 Å². The Hall–Kier alpha value is -2.88. The van der Waals surface area contributed by atoms with E-state index in [0.29, 0.717) is 11.3 Å². The van der Waals surface area contributed by atoms with E-state index in [0.717, 1.165) is 22.0 Å². The Balaban J connectivity index is 1.99. The molecule has 0 atom stereocenters.